The topological polar surface area (TPSA) is 53.2 Å². The molecule has 1 amide bonds. The summed E-state index contributed by atoms with van der Waals surface area (Å²) in [7, 11) is 0. The Labute approximate surface area is 153 Å². The first-order valence-electron chi connectivity index (χ1n) is 7.66. The average Bonchev–Trinajstić information content (AvgIpc) is 2.56. The highest BCUT2D eigenvalue weighted by Crippen LogP contribution is 2.31. The summed E-state index contributed by atoms with van der Waals surface area (Å²) in [5.41, 5.74) is 0.477. The van der Waals surface area contributed by atoms with Crippen molar-refractivity contribution in [3.8, 4) is 0 Å². The van der Waals surface area contributed by atoms with Crippen LogP contribution in [0.15, 0.2) is 53.7 Å². The standard InChI is InChI=1S/C18H14F3N3OS/c1-9-14(17(25)23-11-7-5-10(19)6-8-11)16(24-18(26)22-9)15-12(20)3-2-4-13(15)21/h2-8,16H,1H3,(H,23,25)(H2,22,24,26)/t16-/m0/s1. The zero-order chi connectivity index (χ0) is 18.8. The number of allylic oxidation sites excluding steroid dienone is 1. The van der Waals surface area contributed by atoms with Crippen LogP contribution < -0.4 is 16.0 Å². The highest BCUT2D eigenvalue weighted by molar-refractivity contribution is 7.80. The van der Waals surface area contributed by atoms with Crippen molar-refractivity contribution in [3.63, 3.8) is 0 Å². The minimum Gasteiger partial charge on any atom is -0.351 e. The molecule has 3 rings (SSSR count). The molecule has 2 aromatic rings. The minimum absolute atomic E-state index is 0.0759. The van der Waals surface area contributed by atoms with Gasteiger partial charge in [0.1, 0.15) is 17.5 Å². The molecule has 1 aliphatic heterocycles. The molecule has 0 saturated heterocycles. The van der Waals surface area contributed by atoms with Crippen molar-refractivity contribution in [2.24, 2.45) is 0 Å². The lowest BCUT2D eigenvalue weighted by Crippen LogP contribution is -2.46. The van der Waals surface area contributed by atoms with E-state index in [1.807, 2.05) is 0 Å². The first-order valence-corrected chi connectivity index (χ1v) is 8.06. The summed E-state index contributed by atoms with van der Waals surface area (Å²) in [4.78, 5) is 12.7. The van der Waals surface area contributed by atoms with Crippen molar-refractivity contribution in [1.29, 1.82) is 0 Å². The van der Waals surface area contributed by atoms with Crippen molar-refractivity contribution in [3.05, 3.63) is 76.7 Å². The lowest BCUT2D eigenvalue weighted by atomic mass is 9.94. The first-order chi connectivity index (χ1) is 12.4. The molecule has 0 bridgehead atoms. The third-order valence-corrected chi connectivity index (χ3v) is 4.12. The molecule has 0 spiro atoms. The largest absolute Gasteiger partial charge is 0.351 e. The second-order valence-corrected chi connectivity index (χ2v) is 6.07. The zero-order valence-corrected chi connectivity index (χ0v) is 14.4. The number of hydrogen-bond acceptors (Lipinski definition) is 2. The second-order valence-electron chi connectivity index (χ2n) is 5.67. The van der Waals surface area contributed by atoms with Gasteiger partial charge in [-0.05, 0) is 55.5 Å². The molecule has 2 aromatic carbocycles. The van der Waals surface area contributed by atoms with Crippen LogP contribution in [0.3, 0.4) is 0 Å². The minimum atomic E-state index is -1.11. The van der Waals surface area contributed by atoms with Crippen LogP contribution in [0, 0.1) is 17.5 Å². The molecule has 26 heavy (non-hydrogen) atoms. The number of amides is 1. The van der Waals surface area contributed by atoms with Crippen LogP contribution in [0.1, 0.15) is 18.5 Å². The summed E-state index contributed by atoms with van der Waals surface area (Å²) >= 11 is 5.06. The van der Waals surface area contributed by atoms with E-state index in [1.54, 1.807) is 6.92 Å². The fourth-order valence-corrected chi connectivity index (χ4v) is 3.00. The van der Waals surface area contributed by atoms with E-state index < -0.39 is 29.4 Å². The molecule has 4 nitrogen and oxygen atoms in total. The van der Waals surface area contributed by atoms with E-state index in [2.05, 4.69) is 16.0 Å². The van der Waals surface area contributed by atoms with Gasteiger partial charge in [-0.15, -0.1) is 0 Å². The Morgan fingerprint density at radius 1 is 1.08 bits per heavy atom. The molecule has 8 heteroatoms. The highest BCUT2D eigenvalue weighted by Gasteiger charge is 2.33. The maximum atomic E-state index is 14.3. The number of benzene rings is 2. The highest BCUT2D eigenvalue weighted by atomic mass is 32.1. The number of rotatable bonds is 3. The molecule has 134 valence electrons. The van der Waals surface area contributed by atoms with Crippen LogP contribution in [-0.4, -0.2) is 11.0 Å². The lowest BCUT2D eigenvalue weighted by Gasteiger charge is -2.30. The van der Waals surface area contributed by atoms with E-state index in [4.69, 9.17) is 12.2 Å². The number of carbonyl (C=O) groups excluding carboxylic acids is 1. The Balaban J connectivity index is 2.00. The Morgan fingerprint density at radius 2 is 1.69 bits per heavy atom. The molecular formula is C18H14F3N3OS. The Bertz CT molecular complexity index is 892. The van der Waals surface area contributed by atoms with Gasteiger partial charge in [0.25, 0.3) is 5.91 Å². The van der Waals surface area contributed by atoms with Crippen LogP contribution in [-0.2, 0) is 4.79 Å². The molecule has 1 aliphatic rings. The predicted molar refractivity (Wildman–Crippen MR) is 95.7 cm³/mol. The molecule has 0 fully saturated rings. The summed E-state index contributed by atoms with van der Waals surface area (Å²) in [5, 5.41) is 8.25. The third kappa shape index (κ3) is 3.55. The van der Waals surface area contributed by atoms with E-state index in [0.717, 1.165) is 12.1 Å². The number of nitrogens with one attached hydrogen (secondary N) is 3. The Hall–Kier alpha value is -2.87. The van der Waals surface area contributed by atoms with Gasteiger partial charge >= 0.3 is 0 Å². The molecular weight excluding hydrogens is 363 g/mol. The fourth-order valence-electron chi connectivity index (χ4n) is 2.73. The monoisotopic (exact) mass is 377 g/mol. The van der Waals surface area contributed by atoms with Gasteiger partial charge in [-0.2, -0.15) is 0 Å². The van der Waals surface area contributed by atoms with Gasteiger partial charge in [-0.3, -0.25) is 4.79 Å². The van der Waals surface area contributed by atoms with E-state index >= 15 is 0 Å². The van der Waals surface area contributed by atoms with Crippen LogP contribution in [0.2, 0.25) is 0 Å². The van der Waals surface area contributed by atoms with Crippen molar-refractivity contribution in [1.82, 2.24) is 10.6 Å². The van der Waals surface area contributed by atoms with E-state index in [-0.39, 0.29) is 16.2 Å². The second kappa shape index (κ2) is 7.17. The smallest absolute Gasteiger partial charge is 0.255 e. The molecule has 1 atom stereocenters. The van der Waals surface area contributed by atoms with Gasteiger partial charge in [0.15, 0.2) is 5.11 Å². The van der Waals surface area contributed by atoms with Crippen LogP contribution in [0.5, 0.6) is 0 Å². The van der Waals surface area contributed by atoms with Gasteiger partial charge in [0.2, 0.25) is 0 Å². The quantitative estimate of drug-likeness (QED) is 0.717. The van der Waals surface area contributed by atoms with Crippen LogP contribution >= 0.6 is 12.2 Å². The number of hydrogen-bond donors (Lipinski definition) is 3. The zero-order valence-electron chi connectivity index (χ0n) is 13.6. The summed E-state index contributed by atoms with van der Waals surface area (Å²) in [6.45, 7) is 1.58. The average molecular weight is 377 g/mol. The molecule has 0 aliphatic carbocycles. The lowest BCUT2D eigenvalue weighted by molar-refractivity contribution is -0.113. The number of halogens is 3. The predicted octanol–water partition coefficient (Wildman–Crippen LogP) is 3.54. The van der Waals surface area contributed by atoms with E-state index in [0.29, 0.717) is 11.4 Å². The van der Waals surface area contributed by atoms with Crippen LogP contribution in [0.25, 0.3) is 0 Å². The maximum Gasteiger partial charge on any atom is 0.255 e. The number of thiocarbonyl (C=S) groups is 1. The third-order valence-electron chi connectivity index (χ3n) is 3.90. The van der Waals surface area contributed by atoms with Gasteiger partial charge in [0, 0.05) is 11.4 Å². The molecule has 0 saturated carbocycles. The summed E-state index contributed by atoms with van der Waals surface area (Å²) < 4.78 is 41.5. The number of anilines is 1. The van der Waals surface area contributed by atoms with Gasteiger partial charge in [0.05, 0.1) is 17.2 Å². The molecule has 0 radical (unpaired) electrons. The van der Waals surface area contributed by atoms with Crippen molar-refractivity contribution in [2.45, 2.75) is 13.0 Å². The van der Waals surface area contributed by atoms with Crippen LogP contribution in [0.4, 0.5) is 18.9 Å². The van der Waals surface area contributed by atoms with Crippen molar-refractivity contribution >= 4 is 28.9 Å². The van der Waals surface area contributed by atoms with Gasteiger partial charge < -0.3 is 16.0 Å². The molecule has 1 heterocycles. The van der Waals surface area contributed by atoms with Gasteiger partial charge in [-0.1, -0.05) is 6.07 Å². The number of carbonyl (C=O) groups is 1. The van der Waals surface area contributed by atoms with Gasteiger partial charge in [-0.25, -0.2) is 13.2 Å². The van der Waals surface area contributed by atoms with Crippen molar-refractivity contribution < 1.29 is 18.0 Å². The first kappa shape index (κ1) is 17.9. The van der Waals surface area contributed by atoms with E-state index in [1.165, 1.54) is 30.3 Å². The normalized spacial score (nSPS) is 16.8. The Morgan fingerprint density at radius 3 is 2.31 bits per heavy atom. The Kier molecular flexibility index (Phi) is 4.94. The molecule has 0 aromatic heterocycles. The summed E-state index contributed by atoms with van der Waals surface area (Å²) in [6.07, 6.45) is 0. The molecule has 3 N–H and O–H groups in total. The maximum absolute atomic E-state index is 14.3. The van der Waals surface area contributed by atoms with E-state index in [9.17, 15) is 18.0 Å². The summed E-state index contributed by atoms with van der Waals surface area (Å²) in [5.74, 6) is -2.64. The fraction of sp³-hybridized carbons (Fsp3) is 0.111. The van der Waals surface area contributed by atoms with Crippen molar-refractivity contribution in [2.75, 3.05) is 5.32 Å². The molecule has 0 unspecified atom stereocenters. The SMILES string of the molecule is CC1=C(C(=O)Nc2ccc(F)cc2)[C@@H](c2c(F)cccc2F)NC(=S)N1. The summed E-state index contributed by atoms with van der Waals surface area (Å²) in [6, 6.07) is 7.50.